The molecule has 0 bridgehead atoms. The zero-order chi connectivity index (χ0) is 15.1. The van der Waals surface area contributed by atoms with E-state index in [2.05, 4.69) is 11.8 Å². The fraction of sp³-hybridized carbons (Fsp3) is 0.611. The van der Waals surface area contributed by atoms with Crippen LogP contribution >= 0.6 is 0 Å². The third kappa shape index (κ3) is 4.31. The van der Waals surface area contributed by atoms with Gasteiger partial charge in [-0.15, -0.1) is 0 Å². The lowest BCUT2D eigenvalue weighted by Crippen LogP contribution is -2.42. The molecule has 1 aromatic carbocycles. The van der Waals surface area contributed by atoms with Gasteiger partial charge in [-0.2, -0.15) is 0 Å². The molecule has 2 rings (SSSR count). The van der Waals surface area contributed by atoms with E-state index in [1.54, 1.807) is 0 Å². The van der Waals surface area contributed by atoms with Crippen molar-refractivity contribution in [2.24, 2.45) is 0 Å². The lowest BCUT2D eigenvalue weighted by Gasteiger charge is -2.35. The molecule has 1 aliphatic rings. The minimum atomic E-state index is 0.240. The van der Waals surface area contributed by atoms with E-state index in [1.165, 1.54) is 25.7 Å². The largest absolute Gasteiger partial charge is 0.313 e. The third-order valence-electron chi connectivity index (χ3n) is 4.52. The number of nitrogens with zero attached hydrogens (tertiary/aromatic N) is 2. The lowest BCUT2D eigenvalue weighted by molar-refractivity contribution is -0.119. The molecule has 0 radical (unpaired) electrons. The van der Waals surface area contributed by atoms with Crippen LogP contribution in [0.5, 0.6) is 0 Å². The average Bonchev–Trinajstić information content (AvgIpc) is 2.55. The smallest absolute Gasteiger partial charge is 0.228 e. The van der Waals surface area contributed by atoms with Crippen LogP contribution in [0, 0.1) is 0 Å². The van der Waals surface area contributed by atoms with E-state index in [0.29, 0.717) is 12.5 Å². The summed E-state index contributed by atoms with van der Waals surface area (Å²) >= 11 is 0. The molecule has 1 saturated heterocycles. The van der Waals surface area contributed by atoms with Gasteiger partial charge in [0, 0.05) is 31.2 Å². The number of carbonyl (C=O) groups excluding carboxylic acids is 1. The Morgan fingerprint density at radius 1 is 1.24 bits per heavy atom. The number of para-hydroxylation sites is 1. The first-order valence-electron chi connectivity index (χ1n) is 8.35. The number of likely N-dealkylation sites (tertiary alicyclic amines) is 1. The van der Waals surface area contributed by atoms with Gasteiger partial charge in [-0.05, 0) is 44.9 Å². The highest BCUT2D eigenvalue weighted by Crippen LogP contribution is 2.20. The van der Waals surface area contributed by atoms with Crippen LogP contribution in [0.3, 0.4) is 0 Å². The first kappa shape index (κ1) is 16.0. The molecule has 3 nitrogen and oxygen atoms in total. The van der Waals surface area contributed by atoms with Crippen molar-refractivity contribution in [1.29, 1.82) is 0 Å². The van der Waals surface area contributed by atoms with E-state index in [0.717, 1.165) is 25.3 Å². The Bertz CT molecular complexity index is 432. The summed E-state index contributed by atoms with van der Waals surface area (Å²) in [7, 11) is 0. The van der Waals surface area contributed by atoms with Crippen molar-refractivity contribution in [2.45, 2.75) is 52.0 Å². The van der Waals surface area contributed by atoms with Crippen molar-refractivity contribution < 1.29 is 4.79 Å². The molecule has 116 valence electrons. The SMILES string of the molecule is CCC1CCCCN1CCC(=O)N(CC)c1ccccc1. The molecule has 1 unspecified atom stereocenters. The molecule has 1 amide bonds. The monoisotopic (exact) mass is 288 g/mol. The molecule has 1 atom stereocenters. The van der Waals surface area contributed by atoms with E-state index in [9.17, 15) is 4.79 Å². The van der Waals surface area contributed by atoms with Crippen LogP contribution in [0.15, 0.2) is 30.3 Å². The van der Waals surface area contributed by atoms with Crippen molar-refractivity contribution >= 4 is 11.6 Å². The maximum Gasteiger partial charge on any atom is 0.228 e. The molecule has 1 aromatic rings. The van der Waals surface area contributed by atoms with Crippen LogP contribution in [-0.4, -0.2) is 36.5 Å². The standard InChI is InChI=1S/C18H28N2O/c1-3-16-10-8-9-14-19(16)15-13-18(21)20(4-2)17-11-6-5-7-12-17/h5-7,11-12,16H,3-4,8-10,13-15H2,1-2H3. The van der Waals surface area contributed by atoms with Gasteiger partial charge < -0.3 is 4.90 Å². The first-order chi connectivity index (χ1) is 10.3. The highest BCUT2D eigenvalue weighted by Gasteiger charge is 2.22. The average molecular weight is 288 g/mol. The molecular weight excluding hydrogens is 260 g/mol. The van der Waals surface area contributed by atoms with Crippen LogP contribution in [-0.2, 0) is 4.79 Å². The summed E-state index contributed by atoms with van der Waals surface area (Å²) in [5.41, 5.74) is 1.01. The number of benzene rings is 1. The van der Waals surface area contributed by atoms with E-state index >= 15 is 0 Å². The summed E-state index contributed by atoms with van der Waals surface area (Å²) in [5, 5.41) is 0. The second-order valence-corrected chi connectivity index (χ2v) is 5.82. The number of anilines is 1. The highest BCUT2D eigenvalue weighted by molar-refractivity contribution is 5.93. The van der Waals surface area contributed by atoms with Gasteiger partial charge in [-0.1, -0.05) is 31.5 Å². The molecule has 1 aliphatic heterocycles. The molecule has 0 spiro atoms. The summed E-state index contributed by atoms with van der Waals surface area (Å²) in [6, 6.07) is 10.7. The Labute approximate surface area is 128 Å². The molecule has 0 aliphatic carbocycles. The summed E-state index contributed by atoms with van der Waals surface area (Å²) in [6.45, 7) is 7.09. The van der Waals surface area contributed by atoms with Gasteiger partial charge in [0.1, 0.15) is 0 Å². The molecule has 0 N–H and O–H groups in total. The number of carbonyl (C=O) groups is 1. The van der Waals surface area contributed by atoms with Crippen LogP contribution < -0.4 is 4.90 Å². The second kappa shape index (κ2) is 8.18. The molecule has 0 saturated carbocycles. The van der Waals surface area contributed by atoms with Crippen LogP contribution in [0.2, 0.25) is 0 Å². The number of hydrogen-bond donors (Lipinski definition) is 0. The van der Waals surface area contributed by atoms with Gasteiger partial charge in [0.15, 0.2) is 0 Å². The van der Waals surface area contributed by atoms with Crippen molar-refractivity contribution in [2.75, 3.05) is 24.5 Å². The Morgan fingerprint density at radius 3 is 2.67 bits per heavy atom. The van der Waals surface area contributed by atoms with Gasteiger partial charge >= 0.3 is 0 Å². The third-order valence-corrected chi connectivity index (χ3v) is 4.52. The minimum Gasteiger partial charge on any atom is -0.313 e. The highest BCUT2D eigenvalue weighted by atomic mass is 16.2. The predicted octanol–water partition coefficient (Wildman–Crippen LogP) is 3.69. The summed E-state index contributed by atoms with van der Waals surface area (Å²) < 4.78 is 0. The van der Waals surface area contributed by atoms with E-state index in [-0.39, 0.29) is 5.91 Å². The Balaban J connectivity index is 1.90. The maximum atomic E-state index is 12.5. The van der Waals surface area contributed by atoms with Crippen molar-refractivity contribution in [3.05, 3.63) is 30.3 Å². The fourth-order valence-corrected chi connectivity index (χ4v) is 3.30. The molecule has 21 heavy (non-hydrogen) atoms. The van der Waals surface area contributed by atoms with Gasteiger partial charge in [-0.3, -0.25) is 9.69 Å². The maximum absolute atomic E-state index is 12.5. The van der Waals surface area contributed by atoms with Gasteiger partial charge in [-0.25, -0.2) is 0 Å². The molecule has 0 aromatic heterocycles. The van der Waals surface area contributed by atoms with Crippen LogP contribution in [0.25, 0.3) is 0 Å². The van der Waals surface area contributed by atoms with E-state index in [1.807, 2.05) is 42.2 Å². The molecule has 1 fully saturated rings. The normalized spacial score (nSPS) is 19.4. The van der Waals surface area contributed by atoms with Crippen molar-refractivity contribution in [1.82, 2.24) is 4.90 Å². The lowest BCUT2D eigenvalue weighted by atomic mass is 10.00. The predicted molar refractivity (Wildman–Crippen MR) is 88.6 cm³/mol. The number of rotatable bonds is 6. The number of hydrogen-bond acceptors (Lipinski definition) is 2. The summed E-state index contributed by atoms with van der Waals surface area (Å²) in [5.74, 6) is 0.240. The molecular formula is C18H28N2O. The van der Waals surface area contributed by atoms with Crippen LogP contribution in [0.4, 0.5) is 5.69 Å². The van der Waals surface area contributed by atoms with E-state index in [4.69, 9.17) is 0 Å². The molecule has 3 heteroatoms. The zero-order valence-electron chi connectivity index (χ0n) is 13.4. The second-order valence-electron chi connectivity index (χ2n) is 5.82. The minimum absolute atomic E-state index is 0.240. The Kier molecular flexibility index (Phi) is 6.24. The first-order valence-corrected chi connectivity index (χ1v) is 8.35. The number of amides is 1. The Hall–Kier alpha value is -1.35. The topological polar surface area (TPSA) is 23.6 Å². The van der Waals surface area contributed by atoms with Gasteiger partial charge in [0.25, 0.3) is 0 Å². The van der Waals surface area contributed by atoms with E-state index < -0.39 is 0 Å². The van der Waals surface area contributed by atoms with Crippen molar-refractivity contribution in [3.63, 3.8) is 0 Å². The van der Waals surface area contributed by atoms with Gasteiger partial charge in [0.05, 0.1) is 0 Å². The van der Waals surface area contributed by atoms with Crippen molar-refractivity contribution in [3.8, 4) is 0 Å². The van der Waals surface area contributed by atoms with Gasteiger partial charge in [0.2, 0.25) is 5.91 Å². The Morgan fingerprint density at radius 2 is 2.00 bits per heavy atom. The number of piperidine rings is 1. The quantitative estimate of drug-likeness (QED) is 0.797. The fourth-order valence-electron chi connectivity index (χ4n) is 3.30. The van der Waals surface area contributed by atoms with Crippen LogP contribution in [0.1, 0.15) is 46.0 Å². The molecule has 1 heterocycles. The summed E-state index contributed by atoms with van der Waals surface area (Å²) in [4.78, 5) is 16.9. The zero-order valence-corrected chi connectivity index (χ0v) is 13.4. The summed E-state index contributed by atoms with van der Waals surface area (Å²) in [6.07, 6.45) is 5.74.